The van der Waals surface area contributed by atoms with Gasteiger partial charge in [-0.15, -0.1) is 0 Å². The molecule has 4 bridgehead atoms. The molecule has 0 spiro atoms. The van der Waals surface area contributed by atoms with Crippen LogP contribution in [-0.4, -0.2) is 93.6 Å². The predicted molar refractivity (Wildman–Crippen MR) is 102 cm³/mol. The standard InChI is InChI=1S/C19H33N5O2/c1-2-18-16-20-4-6-23-8-9-24(7-5-21-17-19(3-1)22-18)11-13-26-15-14-25-12-10-23/h1-3,20-21H,4-17H2. The number of ether oxygens (including phenoxy) is 2. The number of aromatic nitrogens is 1. The summed E-state index contributed by atoms with van der Waals surface area (Å²) in [5, 5.41) is 7.06. The average molecular weight is 364 g/mol. The Hall–Kier alpha value is -1.09. The molecule has 0 radical (unpaired) electrons. The minimum Gasteiger partial charge on any atom is -0.378 e. The van der Waals surface area contributed by atoms with E-state index >= 15 is 0 Å². The molecular weight excluding hydrogens is 330 g/mol. The van der Waals surface area contributed by atoms with Gasteiger partial charge in [0, 0.05) is 65.4 Å². The lowest BCUT2D eigenvalue weighted by Gasteiger charge is -2.28. The Labute approximate surface area is 157 Å². The van der Waals surface area contributed by atoms with Gasteiger partial charge in [-0.05, 0) is 12.1 Å². The minimum absolute atomic E-state index is 0.689. The van der Waals surface area contributed by atoms with Crippen LogP contribution in [0.2, 0.25) is 0 Å². The molecule has 2 aliphatic heterocycles. The third-order valence-electron chi connectivity index (χ3n) is 4.89. The highest BCUT2D eigenvalue weighted by molar-refractivity contribution is 5.11. The van der Waals surface area contributed by atoms with Crippen LogP contribution in [0, 0.1) is 0 Å². The van der Waals surface area contributed by atoms with Crippen molar-refractivity contribution in [3.8, 4) is 0 Å². The summed E-state index contributed by atoms with van der Waals surface area (Å²) in [5.74, 6) is 0. The molecule has 0 amide bonds. The zero-order valence-corrected chi connectivity index (χ0v) is 15.8. The van der Waals surface area contributed by atoms with Crippen LogP contribution in [0.25, 0.3) is 0 Å². The second kappa shape index (κ2) is 11.6. The number of nitrogens with one attached hydrogen (secondary N) is 2. The van der Waals surface area contributed by atoms with Crippen molar-refractivity contribution in [2.45, 2.75) is 13.1 Å². The SMILES string of the molecule is c1cc2nc(c1)CNCCN1CCOCCOCCN(CCNC2)CC1. The van der Waals surface area contributed by atoms with Gasteiger partial charge in [-0.1, -0.05) is 6.07 Å². The zero-order valence-electron chi connectivity index (χ0n) is 15.8. The van der Waals surface area contributed by atoms with Crippen molar-refractivity contribution in [3.05, 3.63) is 29.6 Å². The smallest absolute Gasteiger partial charge is 0.0701 e. The van der Waals surface area contributed by atoms with Crippen molar-refractivity contribution < 1.29 is 9.47 Å². The van der Waals surface area contributed by atoms with Crippen molar-refractivity contribution in [1.29, 1.82) is 0 Å². The Morgan fingerprint density at radius 3 is 1.77 bits per heavy atom. The molecule has 1 aromatic rings. The summed E-state index contributed by atoms with van der Waals surface area (Å²) in [6.45, 7) is 12.6. The van der Waals surface area contributed by atoms with Crippen molar-refractivity contribution in [1.82, 2.24) is 25.4 Å². The van der Waals surface area contributed by atoms with Crippen molar-refractivity contribution in [3.63, 3.8) is 0 Å². The topological polar surface area (TPSA) is 61.9 Å². The summed E-state index contributed by atoms with van der Waals surface area (Å²) < 4.78 is 11.4. The monoisotopic (exact) mass is 363 g/mol. The van der Waals surface area contributed by atoms with Gasteiger partial charge < -0.3 is 20.1 Å². The fourth-order valence-electron chi connectivity index (χ4n) is 3.30. The Morgan fingerprint density at radius 1 is 0.692 bits per heavy atom. The molecule has 3 heterocycles. The second-order valence-corrected chi connectivity index (χ2v) is 6.88. The predicted octanol–water partition coefficient (Wildman–Crippen LogP) is -0.0748. The fourth-order valence-corrected chi connectivity index (χ4v) is 3.30. The van der Waals surface area contributed by atoms with Gasteiger partial charge in [-0.25, -0.2) is 0 Å². The van der Waals surface area contributed by atoms with Crippen molar-refractivity contribution >= 4 is 0 Å². The van der Waals surface area contributed by atoms with E-state index in [9.17, 15) is 0 Å². The summed E-state index contributed by atoms with van der Waals surface area (Å²) in [6.07, 6.45) is 0. The van der Waals surface area contributed by atoms with Gasteiger partial charge in [0.1, 0.15) is 0 Å². The van der Waals surface area contributed by atoms with Crippen LogP contribution in [0.15, 0.2) is 18.2 Å². The Bertz CT molecular complexity index is 475. The fraction of sp³-hybridized carbons (Fsp3) is 0.737. The van der Waals surface area contributed by atoms with E-state index in [0.29, 0.717) is 13.2 Å². The lowest BCUT2D eigenvalue weighted by atomic mass is 10.3. The molecule has 0 aliphatic carbocycles. The van der Waals surface area contributed by atoms with Crippen LogP contribution in [0.1, 0.15) is 11.4 Å². The van der Waals surface area contributed by atoms with Crippen molar-refractivity contribution in [2.24, 2.45) is 0 Å². The summed E-state index contributed by atoms with van der Waals surface area (Å²) in [6, 6.07) is 6.29. The van der Waals surface area contributed by atoms with Crippen LogP contribution in [0.4, 0.5) is 0 Å². The molecule has 2 aliphatic rings. The molecule has 7 nitrogen and oxygen atoms in total. The normalized spacial score (nSPS) is 27.5. The van der Waals surface area contributed by atoms with Gasteiger partial charge in [-0.2, -0.15) is 0 Å². The molecule has 0 aromatic carbocycles. The molecule has 0 saturated carbocycles. The lowest BCUT2D eigenvalue weighted by molar-refractivity contribution is 0.0220. The van der Waals surface area contributed by atoms with E-state index in [1.54, 1.807) is 0 Å². The maximum Gasteiger partial charge on any atom is 0.0701 e. The Morgan fingerprint density at radius 2 is 1.23 bits per heavy atom. The number of pyridine rings is 1. The highest BCUT2D eigenvalue weighted by atomic mass is 16.5. The first-order valence-electron chi connectivity index (χ1n) is 9.86. The zero-order chi connectivity index (χ0) is 17.9. The van der Waals surface area contributed by atoms with Crippen LogP contribution in [-0.2, 0) is 22.6 Å². The number of hydrogen-bond acceptors (Lipinski definition) is 7. The first-order valence-corrected chi connectivity index (χ1v) is 9.86. The third kappa shape index (κ3) is 7.26. The molecule has 2 atom stereocenters. The number of nitrogens with zero attached hydrogens (tertiary/aromatic N) is 3. The number of rotatable bonds is 0. The molecule has 3 rings (SSSR count). The quantitative estimate of drug-likeness (QED) is 0.669. The molecule has 1 fully saturated rings. The molecule has 7 heteroatoms. The summed E-state index contributed by atoms with van der Waals surface area (Å²) in [4.78, 5) is 9.74. The van der Waals surface area contributed by atoms with E-state index < -0.39 is 0 Å². The second-order valence-electron chi connectivity index (χ2n) is 6.88. The van der Waals surface area contributed by atoms with E-state index in [1.165, 1.54) is 0 Å². The first kappa shape index (κ1) is 19.7. The van der Waals surface area contributed by atoms with Crippen LogP contribution in [0.5, 0.6) is 0 Å². The number of fused-ring (bicyclic) bond motifs is 5. The first-order chi connectivity index (χ1) is 12.9. The maximum atomic E-state index is 5.69. The summed E-state index contributed by atoms with van der Waals surface area (Å²) in [7, 11) is 0. The van der Waals surface area contributed by atoms with Gasteiger partial charge in [0.05, 0.1) is 37.8 Å². The third-order valence-corrected chi connectivity index (χ3v) is 4.89. The van der Waals surface area contributed by atoms with Crippen LogP contribution < -0.4 is 10.6 Å². The van der Waals surface area contributed by atoms with E-state index in [2.05, 4.69) is 38.6 Å². The lowest BCUT2D eigenvalue weighted by Crippen LogP contribution is -2.43. The van der Waals surface area contributed by atoms with Crippen molar-refractivity contribution in [2.75, 3.05) is 78.8 Å². The molecule has 1 aromatic heterocycles. The summed E-state index contributed by atoms with van der Waals surface area (Å²) >= 11 is 0. The Balaban J connectivity index is 1.62. The van der Waals surface area contributed by atoms with Gasteiger partial charge in [0.25, 0.3) is 0 Å². The largest absolute Gasteiger partial charge is 0.378 e. The van der Waals surface area contributed by atoms with E-state index in [1.807, 2.05) is 0 Å². The molecular formula is C19H33N5O2. The van der Waals surface area contributed by atoms with Crippen LogP contribution in [0.3, 0.4) is 0 Å². The van der Waals surface area contributed by atoms with E-state index in [-0.39, 0.29) is 0 Å². The van der Waals surface area contributed by atoms with Gasteiger partial charge in [-0.3, -0.25) is 14.8 Å². The van der Waals surface area contributed by atoms with Gasteiger partial charge in [0.15, 0.2) is 0 Å². The molecule has 26 heavy (non-hydrogen) atoms. The Kier molecular flexibility index (Phi) is 8.76. The molecule has 2 unspecified atom stereocenters. The highest BCUT2D eigenvalue weighted by Gasteiger charge is 2.11. The van der Waals surface area contributed by atoms with Gasteiger partial charge >= 0.3 is 0 Å². The molecule has 2 N–H and O–H groups in total. The maximum absolute atomic E-state index is 5.69. The van der Waals surface area contributed by atoms with E-state index in [4.69, 9.17) is 14.5 Å². The molecule has 146 valence electrons. The van der Waals surface area contributed by atoms with Gasteiger partial charge in [0.2, 0.25) is 0 Å². The summed E-state index contributed by atoms with van der Waals surface area (Å²) in [5.41, 5.74) is 2.22. The number of hydrogen-bond donors (Lipinski definition) is 2. The molecule has 1 saturated heterocycles. The average Bonchev–Trinajstić information content (AvgIpc) is 2.65. The van der Waals surface area contributed by atoms with E-state index in [0.717, 1.165) is 90.0 Å². The minimum atomic E-state index is 0.689. The highest BCUT2D eigenvalue weighted by Crippen LogP contribution is 2.01. The van der Waals surface area contributed by atoms with Crippen LogP contribution >= 0.6 is 0 Å².